The van der Waals surface area contributed by atoms with Crippen molar-refractivity contribution in [2.45, 2.75) is 44.9 Å². The molecule has 6 aromatic rings. The van der Waals surface area contributed by atoms with Crippen LogP contribution in [0, 0.1) is 12.8 Å². The van der Waals surface area contributed by atoms with Gasteiger partial charge in [0.1, 0.15) is 23.1 Å². The van der Waals surface area contributed by atoms with Gasteiger partial charge in [0.2, 0.25) is 5.56 Å². The number of hydrogen-bond acceptors (Lipinski definition) is 6. The number of imidazole rings is 1. The zero-order valence-corrected chi connectivity index (χ0v) is 26.6. The summed E-state index contributed by atoms with van der Waals surface area (Å²) in [6, 6.07) is 16.9. The van der Waals surface area contributed by atoms with Crippen LogP contribution in [-0.2, 0) is 13.6 Å². The Labute approximate surface area is 270 Å². The predicted octanol–water partition coefficient (Wildman–Crippen LogP) is 5.34. The van der Waals surface area contributed by atoms with Crippen molar-refractivity contribution in [2.75, 3.05) is 20.2 Å². The van der Waals surface area contributed by atoms with E-state index < -0.39 is 12.2 Å². The number of H-pyrrole nitrogens is 1. The quantitative estimate of drug-likeness (QED) is 0.255. The molecule has 0 unspecified atom stereocenters. The number of hydrogen-bond donors (Lipinski definition) is 2. The maximum Gasteiger partial charge on any atom is 0.254 e. The molecule has 5 heterocycles. The Bertz CT molecular complexity index is 2270. The molecule has 0 bridgehead atoms. The Morgan fingerprint density at radius 2 is 1.91 bits per heavy atom. The van der Waals surface area contributed by atoms with Crippen molar-refractivity contribution in [1.29, 1.82) is 0 Å². The van der Waals surface area contributed by atoms with E-state index in [2.05, 4.69) is 27.8 Å². The highest BCUT2D eigenvalue weighted by Crippen LogP contribution is 2.38. The van der Waals surface area contributed by atoms with E-state index in [1.165, 1.54) is 17.7 Å². The molecule has 8 rings (SSSR count). The first-order valence-electron chi connectivity index (χ1n) is 16.0. The summed E-state index contributed by atoms with van der Waals surface area (Å²) in [5, 5.41) is 1.99. The maximum absolute atomic E-state index is 14.3. The van der Waals surface area contributed by atoms with Gasteiger partial charge in [-0.25, -0.2) is 14.4 Å². The minimum Gasteiger partial charge on any atom is -0.494 e. The number of carbonyl (C=O) groups is 1. The number of ether oxygens (including phenoxy) is 1. The normalized spacial score (nSPS) is 18.4. The standard InChI is InChI=1S/C36H36FN7O3/c1-19-10-32(45)39-28-9-6-21(11-26(19)28)27-8-7-22-13-30(44(34(22)40-27)16-20-4-5-20)35-41-29-12-23(14-31(47-3)33(29)42(35)2)36(46)43-17-24(37)15-25(38)18-43/h6-14,20,24-25H,4-5,15-18,38H2,1-3H3,(H,39,45)/t24-,25-/m1/s1. The molecule has 2 aliphatic rings. The lowest BCUT2D eigenvalue weighted by Gasteiger charge is -2.33. The highest BCUT2D eigenvalue weighted by atomic mass is 19.1. The van der Waals surface area contributed by atoms with Gasteiger partial charge in [0, 0.05) is 59.7 Å². The average molecular weight is 634 g/mol. The summed E-state index contributed by atoms with van der Waals surface area (Å²) >= 11 is 0. The molecule has 4 aromatic heterocycles. The number of rotatable bonds is 6. The monoisotopic (exact) mass is 633 g/mol. The molecule has 10 nitrogen and oxygen atoms in total. The number of nitrogens with one attached hydrogen (secondary N) is 1. The minimum atomic E-state index is -1.15. The lowest BCUT2D eigenvalue weighted by molar-refractivity contribution is 0.0606. The third-order valence-corrected chi connectivity index (χ3v) is 9.58. The molecule has 11 heteroatoms. The van der Waals surface area contributed by atoms with Gasteiger partial charge in [0.25, 0.3) is 5.91 Å². The first-order chi connectivity index (χ1) is 22.7. The number of amides is 1. The fraction of sp³-hybridized carbons (Fsp3) is 0.333. The summed E-state index contributed by atoms with van der Waals surface area (Å²) in [5.41, 5.74) is 13.0. The number of fused-ring (bicyclic) bond motifs is 3. The molecule has 0 spiro atoms. The van der Waals surface area contributed by atoms with Crippen molar-refractivity contribution in [3.8, 4) is 28.5 Å². The lowest BCUT2D eigenvalue weighted by atomic mass is 10.0. The summed E-state index contributed by atoms with van der Waals surface area (Å²) in [4.78, 5) is 40.1. The molecule has 47 heavy (non-hydrogen) atoms. The molecule has 2 fully saturated rings. The number of aromatic nitrogens is 5. The number of piperidine rings is 1. The molecular formula is C36H36FN7O3. The van der Waals surface area contributed by atoms with Gasteiger partial charge in [-0.3, -0.25) is 9.59 Å². The molecule has 1 saturated heterocycles. The van der Waals surface area contributed by atoms with Crippen LogP contribution in [0.3, 0.4) is 0 Å². The SMILES string of the molecule is COc1cc(C(=O)N2C[C@H](N)C[C@@H](F)C2)cc2nc(-c3cc4ccc(-c5ccc6[nH]c(=O)cc(C)c6c5)nc4n3CC3CC3)n(C)c12. The average Bonchev–Trinajstić information content (AvgIpc) is 3.72. The number of benzene rings is 2. The molecule has 2 aromatic carbocycles. The Balaban J connectivity index is 1.24. The number of halogens is 1. The lowest BCUT2D eigenvalue weighted by Crippen LogP contribution is -2.50. The fourth-order valence-corrected chi connectivity index (χ4v) is 7.04. The number of pyridine rings is 2. The molecule has 1 aliphatic carbocycles. The minimum absolute atomic E-state index is 0.0228. The number of methoxy groups -OCH3 is 1. The van der Waals surface area contributed by atoms with E-state index >= 15 is 0 Å². The topological polar surface area (TPSA) is 124 Å². The van der Waals surface area contributed by atoms with Crippen LogP contribution in [0.4, 0.5) is 4.39 Å². The van der Waals surface area contributed by atoms with Gasteiger partial charge >= 0.3 is 0 Å². The van der Waals surface area contributed by atoms with E-state index in [0.29, 0.717) is 29.3 Å². The van der Waals surface area contributed by atoms with Crippen molar-refractivity contribution in [3.63, 3.8) is 0 Å². The van der Waals surface area contributed by atoms with Gasteiger partial charge < -0.3 is 29.5 Å². The highest BCUT2D eigenvalue weighted by molar-refractivity contribution is 6.00. The summed E-state index contributed by atoms with van der Waals surface area (Å²) in [7, 11) is 3.53. The predicted molar refractivity (Wildman–Crippen MR) is 180 cm³/mol. The third kappa shape index (κ3) is 5.14. The molecule has 0 radical (unpaired) electrons. The number of nitrogens with zero attached hydrogens (tertiary/aromatic N) is 5. The van der Waals surface area contributed by atoms with Crippen LogP contribution < -0.4 is 16.0 Å². The zero-order chi connectivity index (χ0) is 32.6. The van der Waals surface area contributed by atoms with E-state index in [0.717, 1.165) is 62.3 Å². The number of nitrogens with two attached hydrogens (primary N) is 1. The third-order valence-electron chi connectivity index (χ3n) is 9.58. The van der Waals surface area contributed by atoms with Crippen molar-refractivity contribution < 1.29 is 13.9 Å². The first-order valence-corrected chi connectivity index (χ1v) is 16.0. The molecule has 240 valence electrons. The van der Waals surface area contributed by atoms with Crippen LogP contribution in [0.25, 0.3) is 55.7 Å². The van der Waals surface area contributed by atoms with Crippen LogP contribution >= 0.6 is 0 Å². The zero-order valence-electron chi connectivity index (χ0n) is 26.6. The van der Waals surface area contributed by atoms with E-state index in [-0.39, 0.29) is 24.4 Å². The van der Waals surface area contributed by atoms with Crippen molar-refractivity contribution >= 4 is 38.9 Å². The number of carbonyl (C=O) groups excluding carboxylic acids is 1. The second-order valence-corrected chi connectivity index (χ2v) is 13.1. The second-order valence-electron chi connectivity index (χ2n) is 13.1. The fourth-order valence-electron chi connectivity index (χ4n) is 7.04. The van der Waals surface area contributed by atoms with E-state index in [1.54, 1.807) is 25.3 Å². The van der Waals surface area contributed by atoms with Gasteiger partial charge in [0.15, 0.2) is 5.82 Å². The van der Waals surface area contributed by atoms with Crippen LogP contribution in [0.2, 0.25) is 0 Å². The number of likely N-dealkylation sites (tertiary alicyclic amines) is 1. The van der Waals surface area contributed by atoms with Gasteiger partial charge in [-0.15, -0.1) is 0 Å². The van der Waals surface area contributed by atoms with Crippen molar-refractivity contribution in [2.24, 2.45) is 18.7 Å². The van der Waals surface area contributed by atoms with Crippen LogP contribution in [0.1, 0.15) is 35.2 Å². The highest BCUT2D eigenvalue weighted by Gasteiger charge is 2.30. The molecule has 3 N–H and O–H groups in total. The van der Waals surface area contributed by atoms with Gasteiger partial charge in [-0.05, 0) is 80.1 Å². The smallest absolute Gasteiger partial charge is 0.254 e. The van der Waals surface area contributed by atoms with Crippen molar-refractivity contribution in [1.82, 2.24) is 29.0 Å². The van der Waals surface area contributed by atoms with E-state index in [1.807, 2.05) is 36.7 Å². The van der Waals surface area contributed by atoms with Crippen LogP contribution in [0.5, 0.6) is 5.75 Å². The summed E-state index contributed by atoms with van der Waals surface area (Å²) in [6.07, 6.45) is 1.45. The largest absolute Gasteiger partial charge is 0.494 e. The van der Waals surface area contributed by atoms with Gasteiger partial charge in [0.05, 0.1) is 30.6 Å². The number of alkyl halides is 1. The van der Waals surface area contributed by atoms with Crippen LogP contribution in [-0.4, -0.2) is 67.3 Å². The summed E-state index contributed by atoms with van der Waals surface area (Å²) in [6.45, 7) is 3.09. The Hall–Kier alpha value is -5.03. The molecule has 1 saturated carbocycles. The van der Waals surface area contributed by atoms with E-state index in [4.69, 9.17) is 20.4 Å². The van der Waals surface area contributed by atoms with Gasteiger partial charge in [-0.1, -0.05) is 6.07 Å². The first kappa shape index (κ1) is 29.4. The molecular weight excluding hydrogens is 597 g/mol. The second kappa shape index (κ2) is 11.0. The van der Waals surface area contributed by atoms with E-state index in [9.17, 15) is 14.0 Å². The van der Waals surface area contributed by atoms with Crippen molar-refractivity contribution in [3.05, 3.63) is 76.1 Å². The molecule has 2 atom stereocenters. The number of aromatic amines is 1. The summed E-state index contributed by atoms with van der Waals surface area (Å²) in [5.74, 6) is 1.53. The molecule has 1 amide bonds. The summed E-state index contributed by atoms with van der Waals surface area (Å²) < 4.78 is 24.3. The maximum atomic E-state index is 14.3. The van der Waals surface area contributed by atoms with Crippen LogP contribution in [0.15, 0.2) is 59.4 Å². The molecule has 1 aliphatic heterocycles. The number of aryl methyl sites for hydroxylation is 2. The Morgan fingerprint density at radius 3 is 2.68 bits per heavy atom. The van der Waals surface area contributed by atoms with Gasteiger partial charge in [-0.2, -0.15) is 0 Å². The Kier molecular flexibility index (Phi) is 6.91. The Morgan fingerprint density at radius 1 is 1.09 bits per heavy atom.